The van der Waals surface area contributed by atoms with Crippen LogP contribution in [-0.2, 0) is 25.2 Å². The van der Waals surface area contributed by atoms with Gasteiger partial charge in [-0.3, -0.25) is 4.68 Å². The first-order valence-electron chi connectivity index (χ1n) is 5.19. The van der Waals surface area contributed by atoms with Gasteiger partial charge in [0.2, 0.25) is 0 Å². The summed E-state index contributed by atoms with van der Waals surface area (Å²) in [5.41, 5.74) is -0.425. The van der Waals surface area contributed by atoms with Gasteiger partial charge in [0.25, 0.3) is 0 Å². The second kappa shape index (κ2) is 4.86. The van der Waals surface area contributed by atoms with E-state index >= 15 is 0 Å². The molecule has 1 heterocycles. The zero-order chi connectivity index (χ0) is 15.9. The van der Waals surface area contributed by atoms with Gasteiger partial charge in [0.15, 0.2) is 5.69 Å². The summed E-state index contributed by atoms with van der Waals surface area (Å²) in [5, 5.41) is 2.75. The third-order valence-corrected chi connectivity index (χ3v) is 2.49. The SMILES string of the molecule is CCn1nc(C(F)(F)C(F)(F)F)c(C(F)(F)F)c1CN. The highest BCUT2D eigenvalue weighted by molar-refractivity contribution is 5.33. The molecule has 0 spiro atoms. The summed E-state index contributed by atoms with van der Waals surface area (Å²) >= 11 is 0. The van der Waals surface area contributed by atoms with Gasteiger partial charge in [-0.2, -0.15) is 40.2 Å². The predicted molar refractivity (Wildman–Crippen MR) is 50.7 cm³/mol. The highest BCUT2D eigenvalue weighted by Crippen LogP contribution is 2.48. The molecule has 0 aliphatic heterocycles. The smallest absolute Gasteiger partial charge is 0.325 e. The fourth-order valence-corrected chi connectivity index (χ4v) is 1.62. The largest absolute Gasteiger partial charge is 0.459 e. The van der Waals surface area contributed by atoms with Crippen molar-refractivity contribution in [2.45, 2.75) is 38.3 Å². The summed E-state index contributed by atoms with van der Waals surface area (Å²) in [6, 6.07) is 0. The molecule has 0 atom stereocenters. The Hall–Kier alpha value is -1.39. The van der Waals surface area contributed by atoms with Gasteiger partial charge in [0.05, 0.1) is 5.69 Å². The molecule has 116 valence electrons. The number of rotatable bonds is 3. The van der Waals surface area contributed by atoms with Crippen molar-refractivity contribution in [1.29, 1.82) is 0 Å². The fraction of sp³-hybridized carbons (Fsp3) is 0.667. The number of alkyl halides is 8. The minimum atomic E-state index is -6.19. The number of aryl methyl sites for hydroxylation is 1. The van der Waals surface area contributed by atoms with Crippen LogP contribution < -0.4 is 5.73 Å². The number of aromatic nitrogens is 2. The zero-order valence-electron chi connectivity index (χ0n) is 9.91. The van der Waals surface area contributed by atoms with Crippen LogP contribution in [0.2, 0.25) is 0 Å². The van der Waals surface area contributed by atoms with Gasteiger partial charge in [0.1, 0.15) is 5.56 Å². The van der Waals surface area contributed by atoms with Crippen LogP contribution in [0.3, 0.4) is 0 Å². The zero-order valence-corrected chi connectivity index (χ0v) is 9.91. The molecule has 1 rings (SSSR count). The van der Waals surface area contributed by atoms with E-state index in [0.29, 0.717) is 4.68 Å². The average Bonchev–Trinajstić information content (AvgIpc) is 2.65. The first-order valence-corrected chi connectivity index (χ1v) is 5.19. The molecule has 1 aromatic heterocycles. The lowest BCUT2D eigenvalue weighted by Crippen LogP contribution is -2.36. The van der Waals surface area contributed by atoms with E-state index in [2.05, 4.69) is 5.10 Å². The summed E-state index contributed by atoms with van der Waals surface area (Å²) in [6.07, 6.45) is -11.6. The summed E-state index contributed by atoms with van der Waals surface area (Å²) in [6.45, 7) is 0.0367. The fourth-order valence-electron chi connectivity index (χ4n) is 1.62. The van der Waals surface area contributed by atoms with Gasteiger partial charge in [-0.05, 0) is 6.92 Å². The van der Waals surface area contributed by atoms with Crippen molar-refractivity contribution in [2.24, 2.45) is 5.73 Å². The summed E-state index contributed by atoms with van der Waals surface area (Å²) in [7, 11) is 0. The van der Waals surface area contributed by atoms with Crippen molar-refractivity contribution in [2.75, 3.05) is 0 Å². The van der Waals surface area contributed by atoms with Gasteiger partial charge in [-0.25, -0.2) is 0 Å². The summed E-state index contributed by atoms with van der Waals surface area (Å²) in [5.74, 6) is -5.72. The van der Waals surface area contributed by atoms with Gasteiger partial charge < -0.3 is 5.73 Å². The molecular formula is C9H9F8N3. The topological polar surface area (TPSA) is 43.8 Å². The maximum atomic E-state index is 13.2. The lowest BCUT2D eigenvalue weighted by molar-refractivity contribution is -0.292. The van der Waals surface area contributed by atoms with Gasteiger partial charge in [-0.1, -0.05) is 0 Å². The Morgan fingerprint density at radius 2 is 1.55 bits per heavy atom. The van der Waals surface area contributed by atoms with Gasteiger partial charge >= 0.3 is 18.3 Å². The van der Waals surface area contributed by atoms with E-state index in [1.807, 2.05) is 0 Å². The molecule has 0 unspecified atom stereocenters. The summed E-state index contributed by atoms with van der Waals surface area (Å²) < 4.78 is 102. The van der Waals surface area contributed by atoms with Crippen LogP contribution in [0.1, 0.15) is 23.9 Å². The minimum Gasteiger partial charge on any atom is -0.325 e. The maximum Gasteiger partial charge on any atom is 0.459 e. The van der Waals surface area contributed by atoms with Crippen LogP contribution >= 0.6 is 0 Å². The highest BCUT2D eigenvalue weighted by Gasteiger charge is 2.63. The molecule has 3 nitrogen and oxygen atoms in total. The Labute approximate surface area is 107 Å². The molecule has 0 saturated heterocycles. The summed E-state index contributed by atoms with van der Waals surface area (Å²) in [4.78, 5) is 0. The molecular weight excluding hydrogens is 302 g/mol. The second-order valence-corrected chi connectivity index (χ2v) is 3.76. The number of hydrogen-bond acceptors (Lipinski definition) is 2. The second-order valence-electron chi connectivity index (χ2n) is 3.76. The van der Waals surface area contributed by atoms with Crippen molar-refractivity contribution >= 4 is 0 Å². The standard InChI is InChI=1S/C9H9F8N3/c1-2-20-4(3-18)5(8(12,13)14)6(19-20)7(10,11)9(15,16)17/h2-3,18H2,1H3. The number of nitrogens with two attached hydrogens (primary N) is 1. The highest BCUT2D eigenvalue weighted by atomic mass is 19.4. The Balaban J connectivity index is 3.68. The van der Waals surface area contributed by atoms with E-state index in [9.17, 15) is 35.1 Å². The van der Waals surface area contributed by atoms with Crippen LogP contribution in [0, 0.1) is 0 Å². The average molecular weight is 311 g/mol. The normalized spacial score (nSPS) is 13.9. The van der Waals surface area contributed by atoms with Crippen molar-refractivity contribution in [3.05, 3.63) is 17.0 Å². The van der Waals surface area contributed by atoms with Crippen LogP contribution in [0.25, 0.3) is 0 Å². The van der Waals surface area contributed by atoms with E-state index in [4.69, 9.17) is 5.73 Å². The molecule has 11 heteroatoms. The van der Waals surface area contributed by atoms with E-state index in [-0.39, 0.29) is 6.54 Å². The molecule has 0 aliphatic carbocycles. The molecule has 0 saturated carbocycles. The first kappa shape index (κ1) is 16.7. The van der Waals surface area contributed by atoms with Crippen molar-refractivity contribution in [1.82, 2.24) is 9.78 Å². The lowest BCUT2D eigenvalue weighted by Gasteiger charge is -2.19. The molecule has 0 fully saturated rings. The molecule has 0 aliphatic rings. The Bertz CT molecular complexity index is 485. The maximum absolute atomic E-state index is 13.2. The van der Waals surface area contributed by atoms with E-state index in [1.54, 1.807) is 0 Å². The monoisotopic (exact) mass is 311 g/mol. The first-order chi connectivity index (χ1) is 8.87. The Morgan fingerprint density at radius 3 is 1.85 bits per heavy atom. The van der Waals surface area contributed by atoms with Crippen molar-refractivity contribution in [3.63, 3.8) is 0 Å². The molecule has 0 aromatic carbocycles. The Morgan fingerprint density at radius 1 is 1.05 bits per heavy atom. The van der Waals surface area contributed by atoms with E-state index in [0.717, 1.165) is 0 Å². The van der Waals surface area contributed by atoms with Crippen molar-refractivity contribution < 1.29 is 35.1 Å². The van der Waals surface area contributed by atoms with Crippen LogP contribution in [0.4, 0.5) is 35.1 Å². The number of nitrogens with zero attached hydrogens (tertiary/aromatic N) is 2. The molecule has 0 amide bonds. The molecule has 0 radical (unpaired) electrons. The van der Waals surface area contributed by atoms with E-state index in [1.165, 1.54) is 6.92 Å². The lowest BCUT2D eigenvalue weighted by atomic mass is 10.1. The molecule has 1 aromatic rings. The quantitative estimate of drug-likeness (QED) is 0.872. The van der Waals surface area contributed by atoms with Crippen LogP contribution in [-0.4, -0.2) is 16.0 Å². The number of hydrogen-bond donors (Lipinski definition) is 1. The number of halogens is 8. The third-order valence-electron chi connectivity index (χ3n) is 2.49. The molecule has 2 N–H and O–H groups in total. The van der Waals surface area contributed by atoms with Crippen LogP contribution in [0.5, 0.6) is 0 Å². The van der Waals surface area contributed by atoms with Gasteiger partial charge in [0, 0.05) is 13.1 Å². The molecule has 20 heavy (non-hydrogen) atoms. The van der Waals surface area contributed by atoms with E-state index < -0.39 is 41.8 Å². The molecule has 0 bridgehead atoms. The van der Waals surface area contributed by atoms with Crippen molar-refractivity contribution in [3.8, 4) is 0 Å². The Kier molecular flexibility index (Phi) is 4.05. The minimum absolute atomic E-state index is 0.330. The third kappa shape index (κ3) is 2.58. The van der Waals surface area contributed by atoms with Crippen LogP contribution in [0.15, 0.2) is 0 Å². The van der Waals surface area contributed by atoms with Gasteiger partial charge in [-0.15, -0.1) is 0 Å². The predicted octanol–water partition coefficient (Wildman–Crippen LogP) is 3.03.